The van der Waals surface area contributed by atoms with Gasteiger partial charge in [-0.3, -0.25) is 4.98 Å². The molecule has 2 aromatic rings. The largest absolute Gasteiger partial charge is 0.457 e. The summed E-state index contributed by atoms with van der Waals surface area (Å²) in [4.78, 5) is 4.34. The first kappa shape index (κ1) is 14.5. The van der Waals surface area contributed by atoms with Gasteiger partial charge in [0.25, 0.3) is 0 Å². The van der Waals surface area contributed by atoms with Crippen LogP contribution in [0.15, 0.2) is 24.4 Å². The third-order valence-electron chi connectivity index (χ3n) is 3.43. The minimum absolute atomic E-state index is 0.743. The highest BCUT2D eigenvalue weighted by Gasteiger charge is 2.09. The Hall–Kier alpha value is -1.87. The van der Waals surface area contributed by atoms with Crippen LogP contribution in [0.4, 0.5) is 0 Å². The van der Waals surface area contributed by atoms with Crippen molar-refractivity contribution in [3.05, 3.63) is 52.3 Å². The number of nitrogens with one attached hydrogen (secondary N) is 1. The lowest BCUT2D eigenvalue weighted by Gasteiger charge is -2.15. The molecule has 106 valence electrons. The molecule has 0 radical (unpaired) electrons. The second kappa shape index (κ2) is 6.06. The van der Waals surface area contributed by atoms with Crippen LogP contribution in [0, 0.1) is 27.7 Å². The van der Waals surface area contributed by atoms with E-state index in [-0.39, 0.29) is 0 Å². The Morgan fingerprint density at radius 3 is 2.50 bits per heavy atom. The first-order chi connectivity index (χ1) is 9.51. The van der Waals surface area contributed by atoms with E-state index in [0.717, 1.165) is 29.3 Å². The summed E-state index contributed by atoms with van der Waals surface area (Å²) in [6, 6.07) is 6.25. The number of aromatic nitrogens is 1. The van der Waals surface area contributed by atoms with Crippen molar-refractivity contribution in [3.63, 3.8) is 0 Å². The third-order valence-corrected chi connectivity index (χ3v) is 3.43. The zero-order valence-corrected chi connectivity index (χ0v) is 12.9. The lowest BCUT2D eigenvalue weighted by Crippen LogP contribution is -2.07. The summed E-state index contributed by atoms with van der Waals surface area (Å²) < 4.78 is 6.16. The number of rotatable bonds is 4. The van der Waals surface area contributed by atoms with Crippen LogP contribution in [0.25, 0.3) is 0 Å². The lowest BCUT2D eigenvalue weighted by molar-refractivity contribution is 0.468. The monoisotopic (exact) mass is 270 g/mol. The highest BCUT2D eigenvalue weighted by molar-refractivity contribution is 5.46. The van der Waals surface area contributed by atoms with Gasteiger partial charge < -0.3 is 10.1 Å². The predicted octanol–water partition coefficient (Wildman–Crippen LogP) is 3.83. The second-order valence-electron chi connectivity index (χ2n) is 5.27. The van der Waals surface area contributed by atoms with Crippen LogP contribution >= 0.6 is 0 Å². The minimum Gasteiger partial charge on any atom is -0.457 e. The first-order valence-electron chi connectivity index (χ1n) is 6.87. The molecule has 0 amide bonds. The van der Waals surface area contributed by atoms with Crippen LogP contribution < -0.4 is 10.1 Å². The smallest absolute Gasteiger partial charge is 0.135 e. The quantitative estimate of drug-likeness (QED) is 0.917. The van der Waals surface area contributed by atoms with Gasteiger partial charge in [0.2, 0.25) is 0 Å². The molecule has 1 heterocycles. The van der Waals surface area contributed by atoms with Gasteiger partial charge in [-0.05, 0) is 57.5 Å². The Kier molecular flexibility index (Phi) is 4.40. The molecule has 1 aromatic heterocycles. The Morgan fingerprint density at radius 2 is 1.80 bits per heavy atom. The molecule has 0 aliphatic rings. The SMILES string of the molecule is CNCc1cnc(C)cc1Oc1cc(C)cc(C)c1C. The normalized spacial score (nSPS) is 10.7. The highest BCUT2D eigenvalue weighted by atomic mass is 16.5. The molecule has 3 nitrogen and oxygen atoms in total. The number of benzene rings is 1. The van der Waals surface area contributed by atoms with E-state index >= 15 is 0 Å². The molecule has 0 aliphatic heterocycles. The van der Waals surface area contributed by atoms with Gasteiger partial charge in [-0.25, -0.2) is 0 Å². The van der Waals surface area contributed by atoms with E-state index < -0.39 is 0 Å². The number of hydrogen-bond donors (Lipinski definition) is 1. The maximum atomic E-state index is 6.16. The Bertz CT molecular complexity index is 621. The molecule has 1 aromatic carbocycles. The van der Waals surface area contributed by atoms with Crippen molar-refractivity contribution in [1.29, 1.82) is 0 Å². The summed E-state index contributed by atoms with van der Waals surface area (Å²) in [5, 5.41) is 3.15. The van der Waals surface area contributed by atoms with E-state index in [2.05, 4.69) is 43.2 Å². The average molecular weight is 270 g/mol. The van der Waals surface area contributed by atoms with Crippen LogP contribution in [-0.4, -0.2) is 12.0 Å². The van der Waals surface area contributed by atoms with Gasteiger partial charge >= 0.3 is 0 Å². The van der Waals surface area contributed by atoms with Crippen molar-refractivity contribution < 1.29 is 4.74 Å². The molecule has 0 unspecified atom stereocenters. The molecular formula is C17H22N2O. The zero-order chi connectivity index (χ0) is 14.7. The average Bonchev–Trinajstić information content (AvgIpc) is 2.38. The number of hydrogen-bond acceptors (Lipinski definition) is 3. The molecule has 0 bridgehead atoms. The lowest BCUT2D eigenvalue weighted by atomic mass is 10.1. The highest BCUT2D eigenvalue weighted by Crippen LogP contribution is 2.30. The summed E-state index contributed by atoms with van der Waals surface area (Å²) >= 11 is 0. The topological polar surface area (TPSA) is 34.2 Å². The number of pyridine rings is 1. The van der Waals surface area contributed by atoms with E-state index in [1.54, 1.807) is 0 Å². The maximum Gasteiger partial charge on any atom is 0.135 e. The second-order valence-corrected chi connectivity index (χ2v) is 5.27. The minimum atomic E-state index is 0.743. The predicted molar refractivity (Wildman–Crippen MR) is 82.5 cm³/mol. The Morgan fingerprint density at radius 1 is 1.05 bits per heavy atom. The van der Waals surface area contributed by atoms with E-state index in [1.807, 2.05) is 26.2 Å². The fourth-order valence-corrected chi connectivity index (χ4v) is 2.21. The molecule has 0 atom stereocenters. The molecule has 0 spiro atoms. The summed E-state index contributed by atoms with van der Waals surface area (Å²) in [6.07, 6.45) is 1.87. The molecule has 0 fully saturated rings. The molecule has 0 saturated carbocycles. The van der Waals surface area contributed by atoms with Gasteiger partial charge in [-0.1, -0.05) is 6.07 Å². The summed E-state index contributed by atoms with van der Waals surface area (Å²) in [6.45, 7) is 9.01. The van der Waals surface area contributed by atoms with Crippen molar-refractivity contribution in [3.8, 4) is 11.5 Å². The molecule has 1 N–H and O–H groups in total. The standard InChI is InChI=1S/C17H22N2O/c1-11-6-12(2)14(4)16(7-11)20-17-8-13(3)19-10-15(17)9-18-5/h6-8,10,18H,9H2,1-5H3. The first-order valence-corrected chi connectivity index (χ1v) is 6.87. The molecule has 20 heavy (non-hydrogen) atoms. The fraction of sp³-hybridized carbons (Fsp3) is 0.353. The van der Waals surface area contributed by atoms with E-state index in [4.69, 9.17) is 4.74 Å². The third kappa shape index (κ3) is 3.17. The zero-order valence-electron chi connectivity index (χ0n) is 12.9. The van der Waals surface area contributed by atoms with E-state index in [9.17, 15) is 0 Å². The van der Waals surface area contributed by atoms with E-state index in [0.29, 0.717) is 0 Å². The number of aryl methyl sites for hydroxylation is 3. The Labute approximate surface area is 121 Å². The maximum absolute atomic E-state index is 6.16. The van der Waals surface area contributed by atoms with Gasteiger partial charge in [-0.15, -0.1) is 0 Å². The van der Waals surface area contributed by atoms with Crippen LogP contribution in [0.5, 0.6) is 11.5 Å². The Balaban J connectivity index is 2.41. The van der Waals surface area contributed by atoms with E-state index in [1.165, 1.54) is 16.7 Å². The number of nitrogens with zero attached hydrogens (tertiary/aromatic N) is 1. The summed E-state index contributed by atoms with van der Waals surface area (Å²) in [5.74, 6) is 1.80. The van der Waals surface area contributed by atoms with Crippen LogP contribution in [0.3, 0.4) is 0 Å². The van der Waals surface area contributed by atoms with Crippen molar-refractivity contribution in [2.24, 2.45) is 0 Å². The van der Waals surface area contributed by atoms with Crippen molar-refractivity contribution >= 4 is 0 Å². The van der Waals surface area contributed by atoms with Gasteiger partial charge in [0.15, 0.2) is 0 Å². The summed E-state index contributed by atoms with van der Waals surface area (Å²) in [5.41, 5.74) is 5.67. The molecule has 0 saturated heterocycles. The molecule has 0 aliphatic carbocycles. The van der Waals surface area contributed by atoms with Crippen LogP contribution in [0.2, 0.25) is 0 Å². The molecule has 2 rings (SSSR count). The summed E-state index contributed by atoms with van der Waals surface area (Å²) in [7, 11) is 1.92. The van der Waals surface area contributed by atoms with Crippen molar-refractivity contribution in [1.82, 2.24) is 10.3 Å². The van der Waals surface area contributed by atoms with Crippen molar-refractivity contribution in [2.75, 3.05) is 7.05 Å². The number of ether oxygens (including phenoxy) is 1. The van der Waals surface area contributed by atoms with Gasteiger partial charge in [-0.2, -0.15) is 0 Å². The van der Waals surface area contributed by atoms with Crippen molar-refractivity contribution in [2.45, 2.75) is 34.2 Å². The fourth-order valence-electron chi connectivity index (χ4n) is 2.21. The molecule has 3 heteroatoms. The van der Waals surface area contributed by atoms with Gasteiger partial charge in [0.05, 0.1) is 0 Å². The van der Waals surface area contributed by atoms with Gasteiger partial charge in [0, 0.05) is 30.1 Å². The van der Waals surface area contributed by atoms with Gasteiger partial charge in [0.1, 0.15) is 11.5 Å². The molecular weight excluding hydrogens is 248 g/mol. The van der Waals surface area contributed by atoms with Crippen LogP contribution in [-0.2, 0) is 6.54 Å². The van der Waals surface area contributed by atoms with Crippen LogP contribution in [0.1, 0.15) is 27.9 Å².